The Morgan fingerprint density at radius 3 is 2.12 bits per heavy atom. The predicted octanol–water partition coefficient (Wildman–Crippen LogP) is 3.89. The highest BCUT2D eigenvalue weighted by molar-refractivity contribution is 6.83. The van der Waals surface area contributed by atoms with E-state index < -0.39 is 8.07 Å². The van der Waals surface area contributed by atoms with Gasteiger partial charge in [-0.1, -0.05) is 37.2 Å². The van der Waals surface area contributed by atoms with E-state index in [4.69, 9.17) is 11.6 Å². The summed E-state index contributed by atoms with van der Waals surface area (Å²) in [6, 6.07) is 0. The third-order valence-corrected chi connectivity index (χ3v) is 3.66. The second-order valence-corrected chi connectivity index (χ2v) is 10.2. The Morgan fingerprint density at radius 1 is 1.06 bits per heavy atom. The molecule has 1 aromatic heterocycles. The van der Waals surface area contributed by atoms with Crippen molar-refractivity contribution in [2.24, 2.45) is 0 Å². The molecule has 0 unspecified atom stereocenters. The van der Waals surface area contributed by atoms with Crippen molar-refractivity contribution in [2.45, 2.75) is 40.4 Å². The topological polar surface area (TPSA) is 12.9 Å². The first kappa shape index (κ1) is 13.3. The van der Waals surface area contributed by atoms with Crippen LogP contribution in [-0.2, 0) is 0 Å². The highest BCUT2D eigenvalue weighted by atomic mass is 35.5. The van der Waals surface area contributed by atoms with Crippen molar-refractivity contribution in [3.63, 3.8) is 0 Å². The minimum Gasteiger partial charge on any atom is -0.240 e. The summed E-state index contributed by atoms with van der Waals surface area (Å²) in [5.41, 5.74) is 7.55. The first-order valence-corrected chi connectivity index (χ1v) is 9.26. The molecule has 1 heterocycles. The number of halogens is 1. The van der Waals surface area contributed by atoms with E-state index in [-0.39, 0.29) is 0 Å². The molecule has 1 rings (SSSR count). The third-order valence-electron chi connectivity index (χ3n) is 2.51. The van der Waals surface area contributed by atoms with Crippen LogP contribution in [0.1, 0.15) is 22.4 Å². The summed E-state index contributed by atoms with van der Waals surface area (Å²) in [4.78, 5) is 4.31. The van der Waals surface area contributed by atoms with Gasteiger partial charge in [0.25, 0.3) is 0 Å². The maximum absolute atomic E-state index is 6.14. The van der Waals surface area contributed by atoms with Crippen LogP contribution in [0.5, 0.6) is 0 Å². The van der Waals surface area contributed by atoms with E-state index in [1.807, 2.05) is 6.92 Å². The monoisotopic (exact) mass is 251 g/mol. The number of aromatic nitrogens is 1. The van der Waals surface area contributed by atoms with E-state index >= 15 is 0 Å². The van der Waals surface area contributed by atoms with Crippen molar-refractivity contribution in [3.8, 4) is 11.5 Å². The number of aryl methyl sites for hydroxylation is 1. The van der Waals surface area contributed by atoms with E-state index in [9.17, 15) is 0 Å². The molecule has 3 heteroatoms. The minimum absolute atomic E-state index is 0.534. The maximum atomic E-state index is 6.14. The fourth-order valence-corrected chi connectivity index (χ4v) is 2.11. The van der Waals surface area contributed by atoms with Crippen LogP contribution in [0.4, 0.5) is 0 Å². The number of hydrogen-bond donors (Lipinski definition) is 0. The quantitative estimate of drug-likeness (QED) is 0.387. The second kappa shape index (κ2) is 4.61. The number of nitrogens with zero attached hydrogens (tertiary/aromatic N) is 1. The fraction of sp³-hybridized carbons (Fsp3) is 0.462. The summed E-state index contributed by atoms with van der Waals surface area (Å²) in [5.74, 6) is 3.21. The molecular weight excluding hydrogens is 234 g/mol. The maximum Gasteiger partial charge on any atom is 0.145 e. The van der Waals surface area contributed by atoms with Gasteiger partial charge in [0.1, 0.15) is 13.2 Å². The summed E-state index contributed by atoms with van der Waals surface area (Å²) < 4.78 is 0. The zero-order chi connectivity index (χ0) is 12.5. The molecular formula is C13H18ClNSi. The van der Waals surface area contributed by atoms with Crippen LogP contribution in [-0.4, -0.2) is 13.1 Å². The molecule has 0 aliphatic heterocycles. The first-order chi connectivity index (χ1) is 7.22. The highest BCUT2D eigenvalue weighted by Crippen LogP contribution is 2.21. The van der Waals surface area contributed by atoms with Gasteiger partial charge in [-0.15, -0.1) is 5.54 Å². The number of pyridine rings is 1. The van der Waals surface area contributed by atoms with Crippen LogP contribution < -0.4 is 0 Å². The van der Waals surface area contributed by atoms with E-state index in [0.29, 0.717) is 5.15 Å². The summed E-state index contributed by atoms with van der Waals surface area (Å²) in [5, 5.41) is 0.534. The lowest BCUT2D eigenvalue weighted by molar-refractivity contribution is 1.11. The Balaban J connectivity index is 3.34. The summed E-state index contributed by atoms with van der Waals surface area (Å²) in [6.07, 6.45) is 0. The molecule has 0 aliphatic carbocycles. The van der Waals surface area contributed by atoms with Crippen molar-refractivity contribution in [3.05, 3.63) is 27.5 Å². The molecule has 0 fully saturated rings. The van der Waals surface area contributed by atoms with Gasteiger partial charge in [0.15, 0.2) is 0 Å². The summed E-state index contributed by atoms with van der Waals surface area (Å²) in [7, 11) is -1.36. The average Bonchev–Trinajstić information content (AvgIpc) is 2.12. The smallest absolute Gasteiger partial charge is 0.145 e. The zero-order valence-electron chi connectivity index (χ0n) is 10.8. The number of rotatable bonds is 0. The lowest BCUT2D eigenvalue weighted by Crippen LogP contribution is -2.16. The van der Waals surface area contributed by atoms with Crippen molar-refractivity contribution < 1.29 is 0 Å². The van der Waals surface area contributed by atoms with Gasteiger partial charge in [0, 0.05) is 5.69 Å². The molecule has 0 aliphatic rings. The molecule has 0 saturated carbocycles. The van der Waals surface area contributed by atoms with E-state index in [0.717, 1.165) is 16.8 Å². The number of hydrogen-bond acceptors (Lipinski definition) is 1. The van der Waals surface area contributed by atoms with E-state index in [1.54, 1.807) is 0 Å². The Morgan fingerprint density at radius 2 is 1.62 bits per heavy atom. The van der Waals surface area contributed by atoms with Gasteiger partial charge in [-0.25, -0.2) is 4.98 Å². The van der Waals surface area contributed by atoms with Crippen molar-refractivity contribution in [1.29, 1.82) is 0 Å². The first-order valence-electron chi connectivity index (χ1n) is 5.39. The predicted molar refractivity (Wildman–Crippen MR) is 73.7 cm³/mol. The molecule has 0 spiro atoms. The van der Waals surface area contributed by atoms with Gasteiger partial charge in [-0.3, -0.25) is 0 Å². The van der Waals surface area contributed by atoms with Gasteiger partial charge in [0.2, 0.25) is 0 Å². The lowest BCUT2D eigenvalue weighted by Gasteiger charge is -2.09. The van der Waals surface area contributed by atoms with Crippen LogP contribution in [0.2, 0.25) is 24.8 Å². The van der Waals surface area contributed by atoms with Crippen LogP contribution >= 0.6 is 11.6 Å². The lowest BCUT2D eigenvalue weighted by atomic mass is 10.1. The molecule has 16 heavy (non-hydrogen) atoms. The molecule has 0 bridgehead atoms. The van der Waals surface area contributed by atoms with E-state index in [1.165, 1.54) is 5.56 Å². The molecule has 1 aromatic rings. The van der Waals surface area contributed by atoms with Crippen LogP contribution in [0.15, 0.2) is 0 Å². The molecule has 0 radical (unpaired) electrons. The molecule has 0 atom stereocenters. The molecule has 1 nitrogen and oxygen atoms in total. The molecule has 86 valence electrons. The van der Waals surface area contributed by atoms with Crippen molar-refractivity contribution in [1.82, 2.24) is 4.98 Å². The summed E-state index contributed by atoms with van der Waals surface area (Å²) >= 11 is 6.14. The van der Waals surface area contributed by atoms with Crippen molar-refractivity contribution >= 4 is 19.7 Å². The molecule has 0 N–H and O–H groups in total. The van der Waals surface area contributed by atoms with Gasteiger partial charge in [-0.05, 0) is 31.9 Å². The molecule has 0 saturated heterocycles. The Bertz CT molecular complexity index is 475. The minimum atomic E-state index is -1.36. The van der Waals surface area contributed by atoms with Gasteiger partial charge in [-0.2, -0.15) is 0 Å². The highest BCUT2D eigenvalue weighted by Gasteiger charge is 2.11. The van der Waals surface area contributed by atoms with Crippen LogP contribution in [0.25, 0.3) is 0 Å². The standard InChI is InChI=1S/C13H18ClNSi/c1-9-10(2)12(7-8-16(4,5)6)13(14)15-11(9)3/h1-6H3. The second-order valence-electron chi connectivity index (χ2n) is 5.11. The molecule has 0 aromatic carbocycles. The van der Waals surface area contributed by atoms with Gasteiger partial charge in [0.05, 0.1) is 5.56 Å². The Kier molecular flexibility index (Phi) is 3.82. The van der Waals surface area contributed by atoms with Crippen LogP contribution in [0.3, 0.4) is 0 Å². The SMILES string of the molecule is Cc1nc(Cl)c(C#C[Si](C)(C)C)c(C)c1C. The Hall–Kier alpha value is -0.783. The van der Waals surface area contributed by atoms with Gasteiger partial charge >= 0.3 is 0 Å². The van der Waals surface area contributed by atoms with Gasteiger partial charge < -0.3 is 0 Å². The molecule has 0 amide bonds. The average molecular weight is 252 g/mol. The third kappa shape index (κ3) is 3.10. The largest absolute Gasteiger partial charge is 0.240 e. The fourth-order valence-electron chi connectivity index (χ4n) is 1.30. The van der Waals surface area contributed by atoms with E-state index in [2.05, 4.69) is 49.9 Å². The normalized spacial score (nSPS) is 10.9. The summed E-state index contributed by atoms with van der Waals surface area (Å²) in [6.45, 7) is 12.8. The van der Waals surface area contributed by atoms with Crippen LogP contribution in [0, 0.1) is 32.2 Å². The van der Waals surface area contributed by atoms with Crippen molar-refractivity contribution in [2.75, 3.05) is 0 Å². The zero-order valence-corrected chi connectivity index (χ0v) is 12.6. The Labute approximate surface area is 104 Å².